The molecule has 4 heteroatoms. The zero-order valence-corrected chi connectivity index (χ0v) is 10.2. The summed E-state index contributed by atoms with van der Waals surface area (Å²) in [5.74, 6) is 0.490. The highest BCUT2D eigenvalue weighted by molar-refractivity contribution is 7.39. The average molecular weight is 228 g/mol. The molecule has 0 saturated heterocycles. The van der Waals surface area contributed by atoms with Crippen molar-refractivity contribution in [2.24, 2.45) is 5.41 Å². The van der Waals surface area contributed by atoms with Crippen LogP contribution in [-0.4, -0.2) is 9.79 Å². The van der Waals surface area contributed by atoms with E-state index in [1.807, 2.05) is 12.1 Å². The van der Waals surface area contributed by atoms with E-state index in [0.29, 0.717) is 5.75 Å². The van der Waals surface area contributed by atoms with Crippen LogP contribution in [0.4, 0.5) is 0 Å². The molecule has 0 spiro atoms. The van der Waals surface area contributed by atoms with Crippen LogP contribution in [0.1, 0.15) is 26.3 Å². The Labute approximate surface area is 91.7 Å². The van der Waals surface area contributed by atoms with Gasteiger partial charge >= 0.3 is 8.60 Å². The van der Waals surface area contributed by atoms with E-state index in [4.69, 9.17) is 14.3 Å². The van der Waals surface area contributed by atoms with Gasteiger partial charge in [-0.2, -0.15) is 0 Å². The molecular weight excluding hydrogens is 211 g/mol. The van der Waals surface area contributed by atoms with E-state index in [-0.39, 0.29) is 5.41 Å². The summed E-state index contributed by atoms with van der Waals surface area (Å²) in [5, 5.41) is 0. The van der Waals surface area contributed by atoms with Crippen LogP contribution in [-0.2, 0) is 6.42 Å². The number of rotatable bonds is 3. The van der Waals surface area contributed by atoms with Gasteiger partial charge in [0.25, 0.3) is 0 Å². The largest absolute Gasteiger partial charge is 0.427 e. The molecule has 0 aliphatic rings. The topological polar surface area (TPSA) is 49.7 Å². The SMILES string of the molecule is CC(C)(C)Cc1ccc(OP(O)O)cc1. The summed E-state index contributed by atoms with van der Waals surface area (Å²) >= 11 is 0. The van der Waals surface area contributed by atoms with Crippen LogP contribution < -0.4 is 4.52 Å². The number of hydrogen-bond acceptors (Lipinski definition) is 3. The Balaban J connectivity index is 2.64. The van der Waals surface area contributed by atoms with E-state index in [9.17, 15) is 0 Å². The van der Waals surface area contributed by atoms with Crippen LogP contribution in [0, 0.1) is 5.41 Å². The fourth-order valence-corrected chi connectivity index (χ4v) is 1.69. The summed E-state index contributed by atoms with van der Waals surface area (Å²) in [6.45, 7) is 6.54. The molecule has 0 heterocycles. The van der Waals surface area contributed by atoms with Crippen molar-refractivity contribution < 1.29 is 14.3 Å². The van der Waals surface area contributed by atoms with Crippen LogP contribution >= 0.6 is 8.60 Å². The lowest BCUT2D eigenvalue weighted by Crippen LogP contribution is -2.08. The number of benzene rings is 1. The maximum atomic E-state index is 8.66. The van der Waals surface area contributed by atoms with Crippen molar-refractivity contribution in [2.75, 3.05) is 0 Å². The minimum atomic E-state index is -2.31. The molecule has 1 rings (SSSR count). The van der Waals surface area contributed by atoms with Gasteiger partial charge < -0.3 is 14.3 Å². The molecule has 0 aromatic heterocycles. The molecule has 2 N–H and O–H groups in total. The third-order valence-electron chi connectivity index (χ3n) is 1.84. The minimum Gasteiger partial charge on any atom is -0.427 e. The lowest BCUT2D eigenvalue weighted by Gasteiger charge is -2.18. The molecule has 0 aliphatic carbocycles. The molecule has 15 heavy (non-hydrogen) atoms. The summed E-state index contributed by atoms with van der Waals surface area (Å²) in [7, 11) is -2.31. The molecule has 1 aromatic carbocycles. The van der Waals surface area contributed by atoms with Gasteiger partial charge in [0.15, 0.2) is 0 Å². The monoisotopic (exact) mass is 228 g/mol. The molecule has 84 valence electrons. The summed E-state index contributed by atoms with van der Waals surface area (Å²) < 4.78 is 4.78. The molecule has 3 nitrogen and oxygen atoms in total. The van der Waals surface area contributed by atoms with Gasteiger partial charge in [0.05, 0.1) is 0 Å². The van der Waals surface area contributed by atoms with Crippen LogP contribution in [0.3, 0.4) is 0 Å². The predicted molar refractivity (Wildman–Crippen MR) is 61.6 cm³/mol. The average Bonchev–Trinajstić information content (AvgIpc) is 2.05. The second kappa shape index (κ2) is 4.93. The van der Waals surface area contributed by atoms with Gasteiger partial charge in [-0.15, -0.1) is 0 Å². The van der Waals surface area contributed by atoms with E-state index < -0.39 is 8.60 Å². The Kier molecular flexibility index (Phi) is 4.09. The highest BCUT2D eigenvalue weighted by atomic mass is 31.2. The van der Waals surface area contributed by atoms with Crippen LogP contribution in [0.25, 0.3) is 0 Å². The van der Waals surface area contributed by atoms with Crippen LogP contribution in [0.2, 0.25) is 0 Å². The van der Waals surface area contributed by atoms with Gasteiger partial charge in [0.2, 0.25) is 0 Å². The van der Waals surface area contributed by atoms with Crippen molar-refractivity contribution >= 4 is 8.60 Å². The van der Waals surface area contributed by atoms with Crippen molar-refractivity contribution in [3.8, 4) is 5.75 Å². The summed E-state index contributed by atoms with van der Waals surface area (Å²) in [4.78, 5) is 17.3. The molecule has 0 unspecified atom stereocenters. The first-order chi connectivity index (χ1) is 6.87. The summed E-state index contributed by atoms with van der Waals surface area (Å²) in [6.07, 6.45) is 0.986. The molecule has 0 fully saturated rings. The zero-order chi connectivity index (χ0) is 11.5. The van der Waals surface area contributed by atoms with Gasteiger partial charge in [-0.1, -0.05) is 32.9 Å². The van der Waals surface area contributed by atoms with Gasteiger partial charge in [0, 0.05) is 0 Å². The quantitative estimate of drug-likeness (QED) is 0.782. The van der Waals surface area contributed by atoms with Crippen molar-refractivity contribution in [1.29, 1.82) is 0 Å². The fraction of sp³-hybridized carbons (Fsp3) is 0.455. The van der Waals surface area contributed by atoms with Gasteiger partial charge in [-0.3, -0.25) is 0 Å². The van der Waals surface area contributed by atoms with Crippen molar-refractivity contribution in [3.63, 3.8) is 0 Å². The second-order valence-electron chi connectivity index (χ2n) is 4.73. The smallest absolute Gasteiger partial charge is 0.391 e. The molecular formula is C11H17O3P. The van der Waals surface area contributed by atoms with Crippen molar-refractivity contribution in [2.45, 2.75) is 27.2 Å². The Morgan fingerprint density at radius 3 is 2.07 bits per heavy atom. The summed E-state index contributed by atoms with van der Waals surface area (Å²) in [6, 6.07) is 7.39. The van der Waals surface area contributed by atoms with E-state index in [1.54, 1.807) is 12.1 Å². The molecule has 0 radical (unpaired) electrons. The van der Waals surface area contributed by atoms with E-state index in [0.717, 1.165) is 6.42 Å². The van der Waals surface area contributed by atoms with E-state index in [2.05, 4.69) is 20.8 Å². The summed E-state index contributed by atoms with van der Waals surface area (Å²) in [5.41, 5.74) is 1.47. The lowest BCUT2D eigenvalue weighted by atomic mass is 9.88. The molecule has 1 aromatic rings. The predicted octanol–water partition coefficient (Wildman–Crippen LogP) is 2.87. The molecule has 0 saturated carbocycles. The Morgan fingerprint density at radius 1 is 1.13 bits per heavy atom. The van der Waals surface area contributed by atoms with Gasteiger partial charge in [-0.05, 0) is 29.5 Å². The molecule has 0 aliphatic heterocycles. The normalized spacial score (nSPS) is 11.9. The Bertz CT molecular complexity index is 301. The highest BCUT2D eigenvalue weighted by Crippen LogP contribution is 2.29. The first-order valence-corrected chi connectivity index (χ1v) is 5.98. The van der Waals surface area contributed by atoms with E-state index >= 15 is 0 Å². The van der Waals surface area contributed by atoms with E-state index in [1.165, 1.54) is 5.56 Å². The first kappa shape index (κ1) is 12.4. The lowest BCUT2D eigenvalue weighted by molar-refractivity contribution is 0.374. The minimum absolute atomic E-state index is 0.253. The van der Waals surface area contributed by atoms with Crippen LogP contribution in [0.15, 0.2) is 24.3 Å². The van der Waals surface area contributed by atoms with Gasteiger partial charge in [0.1, 0.15) is 5.75 Å². The van der Waals surface area contributed by atoms with Crippen molar-refractivity contribution in [1.82, 2.24) is 0 Å². The third kappa shape index (κ3) is 5.12. The molecule has 0 amide bonds. The maximum Gasteiger partial charge on any atom is 0.391 e. The zero-order valence-electron chi connectivity index (χ0n) is 9.27. The Hall–Kier alpha value is -0.630. The molecule has 0 bridgehead atoms. The number of hydrogen-bond donors (Lipinski definition) is 2. The van der Waals surface area contributed by atoms with Crippen LogP contribution in [0.5, 0.6) is 5.75 Å². The molecule has 0 atom stereocenters. The van der Waals surface area contributed by atoms with Gasteiger partial charge in [-0.25, -0.2) is 0 Å². The standard InChI is InChI=1S/C11H17O3P/c1-11(2,3)8-9-4-6-10(7-5-9)14-15(12)13/h4-7,12-13H,8H2,1-3H3. The fourth-order valence-electron chi connectivity index (χ4n) is 1.37. The first-order valence-electron chi connectivity index (χ1n) is 4.82. The maximum absolute atomic E-state index is 8.66. The highest BCUT2D eigenvalue weighted by Gasteiger charge is 2.11. The Morgan fingerprint density at radius 2 is 1.67 bits per heavy atom. The third-order valence-corrected chi connectivity index (χ3v) is 2.22. The van der Waals surface area contributed by atoms with Crippen molar-refractivity contribution in [3.05, 3.63) is 29.8 Å². The second-order valence-corrected chi connectivity index (χ2v) is 5.41.